The molecule has 94 valence electrons. The number of nitrogens with zero attached hydrogens (tertiary/aromatic N) is 2. The van der Waals surface area contributed by atoms with E-state index in [9.17, 15) is 0 Å². The third kappa shape index (κ3) is 2.26. The van der Waals surface area contributed by atoms with Gasteiger partial charge in [0, 0.05) is 31.1 Å². The van der Waals surface area contributed by atoms with Crippen LogP contribution in [0, 0.1) is 6.92 Å². The van der Waals surface area contributed by atoms with Gasteiger partial charge in [-0.25, -0.2) is 4.98 Å². The summed E-state index contributed by atoms with van der Waals surface area (Å²) in [5.41, 5.74) is 1.25. The Labute approximate surface area is 107 Å². The first kappa shape index (κ1) is 11.6. The topological polar surface area (TPSA) is 25.4 Å². The average molecular weight is 252 g/mol. The maximum absolute atomic E-state index is 5.53. The van der Waals surface area contributed by atoms with E-state index in [1.165, 1.54) is 36.4 Å². The Morgan fingerprint density at radius 3 is 2.65 bits per heavy atom. The lowest BCUT2D eigenvalue weighted by Crippen LogP contribution is -2.44. The molecule has 0 amide bonds. The third-order valence-corrected chi connectivity index (χ3v) is 5.01. The molecule has 0 saturated carbocycles. The van der Waals surface area contributed by atoms with E-state index in [2.05, 4.69) is 22.2 Å². The highest BCUT2D eigenvalue weighted by Crippen LogP contribution is 2.37. The Morgan fingerprint density at radius 1 is 1.41 bits per heavy atom. The van der Waals surface area contributed by atoms with Crippen molar-refractivity contribution >= 4 is 11.3 Å². The minimum Gasteiger partial charge on any atom is -0.381 e. The number of aryl methyl sites for hydroxylation is 1. The Hall–Kier alpha value is -0.450. The lowest BCUT2D eigenvalue weighted by Gasteiger charge is -2.37. The van der Waals surface area contributed by atoms with Gasteiger partial charge in [-0.2, -0.15) is 0 Å². The lowest BCUT2D eigenvalue weighted by molar-refractivity contribution is 0.00211. The molecule has 3 rings (SSSR count). The number of aromatic nitrogens is 1. The zero-order valence-electron chi connectivity index (χ0n) is 10.6. The molecule has 0 N–H and O–H groups in total. The summed E-state index contributed by atoms with van der Waals surface area (Å²) in [6.45, 7) is 3.12. The van der Waals surface area contributed by atoms with Crippen molar-refractivity contribution in [2.45, 2.75) is 57.3 Å². The summed E-state index contributed by atoms with van der Waals surface area (Å²) in [5.74, 6) is 0. The summed E-state index contributed by atoms with van der Waals surface area (Å²) < 4.78 is 5.53. The van der Waals surface area contributed by atoms with Gasteiger partial charge in [0.15, 0.2) is 0 Å². The molecule has 0 radical (unpaired) electrons. The van der Waals surface area contributed by atoms with E-state index in [-0.39, 0.29) is 0 Å². The van der Waals surface area contributed by atoms with Gasteiger partial charge >= 0.3 is 0 Å². The average Bonchev–Trinajstić information content (AvgIpc) is 2.82. The number of fused-ring (bicyclic) bond motifs is 2. The second-order valence-corrected chi connectivity index (χ2v) is 6.31. The molecular formula is C13H20N2OS. The first-order chi connectivity index (χ1) is 8.26. The minimum atomic E-state index is 0.487. The fourth-order valence-electron chi connectivity index (χ4n) is 3.34. The van der Waals surface area contributed by atoms with Crippen LogP contribution in [0.4, 0.5) is 0 Å². The number of hydrogen-bond acceptors (Lipinski definition) is 4. The number of methoxy groups -OCH3 is 1. The SMILES string of the molecule is COC1C[C@H]2CC[C@@H](C1)N2Cc1csc(C)n1. The molecule has 1 aromatic heterocycles. The highest BCUT2D eigenvalue weighted by Gasteiger charge is 2.40. The zero-order valence-corrected chi connectivity index (χ0v) is 11.4. The van der Waals surface area contributed by atoms with Crippen molar-refractivity contribution in [2.75, 3.05) is 7.11 Å². The number of thiazole rings is 1. The Balaban J connectivity index is 1.69. The molecule has 2 aliphatic heterocycles. The largest absolute Gasteiger partial charge is 0.381 e. The molecular weight excluding hydrogens is 232 g/mol. The maximum Gasteiger partial charge on any atom is 0.0897 e. The standard InChI is InChI=1S/C13H20N2OS/c1-9-14-10(8-17-9)7-15-11-3-4-12(15)6-13(5-11)16-2/h8,11-13H,3-7H2,1-2H3/t11-,12+,13?. The van der Waals surface area contributed by atoms with Crippen LogP contribution in [0.25, 0.3) is 0 Å². The quantitative estimate of drug-likeness (QED) is 0.827. The van der Waals surface area contributed by atoms with Crippen LogP contribution in [0.15, 0.2) is 5.38 Å². The second-order valence-electron chi connectivity index (χ2n) is 5.24. The van der Waals surface area contributed by atoms with Gasteiger partial charge in [0.1, 0.15) is 0 Å². The molecule has 2 bridgehead atoms. The molecule has 4 heteroatoms. The van der Waals surface area contributed by atoms with Gasteiger partial charge < -0.3 is 4.74 Å². The van der Waals surface area contributed by atoms with Gasteiger partial charge in [-0.3, -0.25) is 4.90 Å². The molecule has 2 fully saturated rings. The molecule has 0 aromatic carbocycles. The first-order valence-corrected chi connectivity index (χ1v) is 7.33. The summed E-state index contributed by atoms with van der Waals surface area (Å²) in [7, 11) is 1.85. The van der Waals surface area contributed by atoms with Gasteiger partial charge in [-0.1, -0.05) is 0 Å². The Morgan fingerprint density at radius 2 is 2.12 bits per heavy atom. The van der Waals surface area contributed by atoms with E-state index < -0.39 is 0 Å². The van der Waals surface area contributed by atoms with Gasteiger partial charge in [0.25, 0.3) is 0 Å². The summed E-state index contributed by atoms with van der Waals surface area (Å²) in [6, 6.07) is 1.45. The van der Waals surface area contributed by atoms with Gasteiger partial charge in [0.2, 0.25) is 0 Å². The van der Waals surface area contributed by atoms with Crippen LogP contribution in [0.2, 0.25) is 0 Å². The van der Waals surface area contributed by atoms with Crippen LogP contribution in [0.5, 0.6) is 0 Å². The lowest BCUT2D eigenvalue weighted by atomic mass is 9.99. The smallest absolute Gasteiger partial charge is 0.0897 e. The zero-order chi connectivity index (χ0) is 11.8. The van der Waals surface area contributed by atoms with E-state index in [1.807, 2.05) is 7.11 Å². The summed E-state index contributed by atoms with van der Waals surface area (Å²) in [6.07, 6.45) is 5.58. The van der Waals surface area contributed by atoms with E-state index >= 15 is 0 Å². The molecule has 0 spiro atoms. The second kappa shape index (κ2) is 4.67. The number of piperidine rings is 1. The van der Waals surface area contributed by atoms with Gasteiger partial charge in [0.05, 0.1) is 16.8 Å². The summed E-state index contributed by atoms with van der Waals surface area (Å²) in [4.78, 5) is 7.24. The van der Waals surface area contributed by atoms with Crippen LogP contribution < -0.4 is 0 Å². The molecule has 3 heterocycles. The van der Waals surface area contributed by atoms with Crippen LogP contribution in [-0.2, 0) is 11.3 Å². The van der Waals surface area contributed by atoms with Crippen molar-refractivity contribution in [3.63, 3.8) is 0 Å². The summed E-state index contributed by atoms with van der Waals surface area (Å²) in [5, 5.41) is 3.39. The molecule has 1 unspecified atom stereocenters. The van der Waals surface area contributed by atoms with Crippen LogP contribution >= 0.6 is 11.3 Å². The Kier molecular flexibility index (Phi) is 3.19. The van der Waals surface area contributed by atoms with Gasteiger partial charge in [-0.15, -0.1) is 11.3 Å². The molecule has 1 aromatic rings. The fourth-order valence-corrected chi connectivity index (χ4v) is 3.95. The predicted molar refractivity (Wildman–Crippen MR) is 69.2 cm³/mol. The highest BCUT2D eigenvalue weighted by atomic mass is 32.1. The summed E-state index contributed by atoms with van der Waals surface area (Å²) >= 11 is 1.76. The monoisotopic (exact) mass is 252 g/mol. The minimum absolute atomic E-state index is 0.487. The third-order valence-electron chi connectivity index (χ3n) is 4.19. The van der Waals surface area contributed by atoms with E-state index in [0.717, 1.165) is 18.6 Å². The molecule has 2 saturated heterocycles. The van der Waals surface area contributed by atoms with Crippen LogP contribution in [-0.4, -0.2) is 35.2 Å². The maximum atomic E-state index is 5.53. The molecule has 3 atom stereocenters. The van der Waals surface area contributed by atoms with Crippen molar-refractivity contribution < 1.29 is 4.74 Å². The first-order valence-electron chi connectivity index (χ1n) is 6.46. The van der Waals surface area contributed by atoms with Crippen molar-refractivity contribution in [3.05, 3.63) is 16.1 Å². The fraction of sp³-hybridized carbons (Fsp3) is 0.769. The van der Waals surface area contributed by atoms with Crippen molar-refractivity contribution in [3.8, 4) is 0 Å². The highest BCUT2D eigenvalue weighted by molar-refractivity contribution is 7.09. The molecule has 17 heavy (non-hydrogen) atoms. The van der Waals surface area contributed by atoms with Crippen molar-refractivity contribution in [1.82, 2.24) is 9.88 Å². The van der Waals surface area contributed by atoms with Crippen molar-refractivity contribution in [2.24, 2.45) is 0 Å². The Bertz CT molecular complexity index is 379. The normalized spacial score (nSPS) is 33.2. The predicted octanol–water partition coefficient (Wildman–Crippen LogP) is 2.59. The van der Waals surface area contributed by atoms with Crippen LogP contribution in [0.1, 0.15) is 36.4 Å². The van der Waals surface area contributed by atoms with E-state index in [4.69, 9.17) is 4.74 Å². The van der Waals surface area contributed by atoms with Crippen molar-refractivity contribution in [1.29, 1.82) is 0 Å². The molecule has 0 aliphatic carbocycles. The number of rotatable bonds is 3. The molecule has 3 nitrogen and oxygen atoms in total. The van der Waals surface area contributed by atoms with Gasteiger partial charge in [-0.05, 0) is 32.6 Å². The van der Waals surface area contributed by atoms with E-state index in [1.54, 1.807) is 11.3 Å². The molecule has 2 aliphatic rings. The number of hydrogen-bond donors (Lipinski definition) is 0. The number of ether oxygens (including phenoxy) is 1. The van der Waals surface area contributed by atoms with E-state index in [0.29, 0.717) is 6.10 Å². The van der Waals surface area contributed by atoms with Crippen LogP contribution in [0.3, 0.4) is 0 Å².